The van der Waals surface area contributed by atoms with E-state index in [9.17, 15) is 9.59 Å². The van der Waals surface area contributed by atoms with Crippen LogP contribution in [0.25, 0.3) is 0 Å². The van der Waals surface area contributed by atoms with Crippen molar-refractivity contribution in [3.05, 3.63) is 34.3 Å². The molecule has 19 heavy (non-hydrogen) atoms. The van der Waals surface area contributed by atoms with E-state index in [1.54, 1.807) is 6.92 Å². The van der Waals surface area contributed by atoms with Crippen molar-refractivity contribution in [1.29, 1.82) is 0 Å². The highest BCUT2D eigenvalue weighted by Crippen LogP contribution is 2.48. The molecule has 1 atom stereocenters. The Hall–Kier alpha value is -1.36. The summed E-state index contributed by atoms with van der Waals surface area (Å²) in [5, 5.41) is 11.5. The zero-order valence-electron chi connectivity index (χ0n) is 10.6. The predicted molar refractivity (Wildman–Crippen MR) is 74.9 cm³/mol. The summed E-state index contributed by atoms with van der Waals surface area (Å²) >= 11 is 3.37. The molecule has 0 radical (unpaired) electrons. The molecule has 102 valence electrons. The first kappa shape index (κ1) is 14.1. The number of rotatable bonds is 5. The topological polar surface area (TPSA) is 66.4 Å². The third-order valence-electron chi connectivity index (χ3n) is 3.44. The highest BCUT2D eigenvalue weighted by molar-refractivity contribution is 9.10. The third-order valence-corrected chi connectivity index (χ3v) is 3.97. The van der Waals surface area contributed by atoms with Gasteiger partial charge in [0, 0.05) is 10.5 Å². The first-order valence-corrected chi connectivity index (χ1v) is 7.02. The molecule has 4 nitrogen and oxygen atoms in total. The summed E-state index contributed by atoms with van der Waals surface area (Å²) in [6.07, 6.45) is 1.59. The maximum atomic E-state index is 12.3. The van der Waals surface area contributed by atoms with Crippen molar-refractivity contribution in [2.75, 3.05) is 0 Å². The minimum Gasteiger partial charge on any atom is -0.481 e. The van der Waals surface area contributed by atoms with Gasteiger partial charge in [-0.1, -0.05) is 28.1 Å². The summed E-state index contributed by atoms with van der Waals surface area (Å²) in [6.45, 7) is 1.71. The summed E-state index contributed by atoms with van der Waals surface area (Å²) in [6, 6.07) is 7.38. The van der Waals surface area contributed by atoms with Crippen LogP contribution in [0.15, 0.2) is 28.7 Å². The number of carboxylic acid groups (broad SMARTS) is 1. The van der Waals surface area contributed by atoms with E-state index in [1.807, 2.05) is 24.3 Å². The largest absolute Gasteiger partial charge is 0.481 e. The molecule has 0 aliphatic heterocycles. The summed E-state index contributed by atoms with van der Waals surface area (Å²) in [4.78, 5) is 22.9. The molecular formula is C14H16BrNO3. The summed E-state index contributed by atoms with van der Waals surface area (Å²) < 4.78 is 0.978. The van der Waals surface area contributed by atoms with Crippen LogP contribution in [0.4, 0.5) is 0 Å². The van der Waals surface area contributed by atoms with Crippen molar-refractivity contribution in [2.24, 2.45) is 0 Å². The fourth-order valence-corrected chi connectivity index (χ4v) is 2.48. The number of amides is 1. The van der Waals surface area contributed by atoms with Gasteiger partial charge in [-0.2, -0.15) is 0 Å². The lowest BCUT2D eigenvalue weighted by Crippen LogP contribution is -2.41. The standard InChI is InChI=1S/C14H16BrNO3/c1-9(8-12(17)18)16-13(19)14(6-7-14)10-2-4-11(15)5-3-10/h2-5,9H,6-8H2,1H3,(H,16,19)(H,17,18)/t9-/m0/s1. The SMILES string of the molecule is C[C@@H](CC(=O)O)NC(=O)C1(c2ccc(Br)cc2)CC1. The van der Waals surface area contributed by atoms with Crippen LogP contribution in [0, 0.1) is 0 Å². The maximum absolute atomic E-state index is 12.3. The van der Waals surface area contributed by atoms with Crippen LogP contribution in [0.2, 0.25) is 0 Å². The van der Waals surface area contributed by atoms with Crippen molar-refractivity contribution < 1.29 is 14.7 Å². The van der Waals surface area contributed by atoms with E-state index in [2.05, 4.69) is 21.2 Å². The van der Waals surface area contributed by atoms with E-state index < -0.39 is 11.4 Å². The molecule has 5 heteroatoms. The molecule has 1 aliphatic rings. The Morgan fingerprint density at radius 2 is 1.95 bits per heavy atom. The quantitative estimate of drug-likeness (QED) is 0.873. The van der Waals surface area contributed by atoms with Gasteiger partial charge < -0.3 is 10.4 Å². The van der Waals surface area contributed by atoms with Gasteiger partial charge in [0.2, 0.25) is 5.91 Å². The molecule has 0 saturated heterocycles. The first-order chi connectivity index (χ1) is 8.94. The van der Waals surface area contributed by atoms with Crippen LogP contribution in [0.5, 0.6) is 0 Å². The second-order valence-electron chi connectivity index (χ2n) is 5.06. The van der Waals surface area contributed by atoms with E-state index in [-0.39, 0.29) is 18.4 Å². The molecule has 2 N–H and O–H groups in total. The third kappa shape index (κ3) is 3.15. The van der Waals surface area contributed by atoms with Crippen molar-refractivity contribution in [1.82, 2.24) is 5.32 Å². The molecule has 0 aromatic heterocycles. The molecule has 1 amide bonds. The van der Waals surface area contributed by atoms with Gasteiger partial charge in [-0.05, 0) is 37.5 Å². The summed E-state index contributed by atoms with van der Waals surface area (Å²) in [7, 11) is 0. The summed E-state index contributed by atoms with van der Waals surface area (Å²) in [5.41, 5.74) is 0.545. The number of carbonyl (C=O) groups is 2. The highest BCUT2D eigenvalue weighted by Gasteiger charge is 2.51. The highest BCUT2D eigenvalue weighted by atomic mass is 79.9. The molecule has 1 saturated carbocycles. The van der Waals surface area contributed by atoms with Gasteiger partial charge in [0.1, 0.15) is 0 Å². The van der Waals surface area contributed by atoms with E-state index in [1.165, 1.54) is 0 Å². The van der Waals surface area contributed by atoms with Gasteiger partial charge in [0.15, 0.2) is 0 Å². The van der Waals surface area contributed by atoms with Gasteiger partial charge in [-0.25, -0.2) is 0 Å². The molecule has 0 unspecified atom stereocenters. The van der Waals surface area contributed by atoms with E-state index in [0.29, 0.717) is 0 Å². The molecule has 1 aliphatic carbocycles. The van der Waals surface area contributed by atoms with Crippen LogP contribution in [0.1, 0.15) is 31.7 Å². The fourth-order valence-electron chi connectivity index (χ4n) is 2.22. The molecule has 1 aromatic rings. The monoisotopic (exact) mass is 325 g/mol. The molecular weight excluding hydrogens is 310 g/mol. The minimum absolute atomic E-state index is 0.0534. The zero-order chi connectivity index (χ0) is 14.0. The van der Waals surface area contributed by atoms with Gasteiger partial charge in [-0.3, -0.25) is 9.59 Å². The van der Waals surface area contributed by atoms with Crippen molar-refractivity contribution in [2.45, 2.75) is 37.6 Å². The first-order valence-electron chi connectivity index (χ1n) is 6.23. The Labute approximate surface area is 120 Å². The Morgan fingerprint density at radius 3 is 2.42 bits per heavy atom. The summed E-state index contributed by atoms with van der Waals surface area (Å²) in [5.74, 6) is -0.968. The number of aliphatic carboxylic acids is 1. The molecule has 0 heterocycles. The van der Waals surface area contributed by atoms with E-state index in [0.717, 1.165) is 22.9 Å². The van der Waals surface area contributed by atoms with Crippen molar-refractivity contribution >= 4 is 27.8 Å². The lowest BCUT2D eigenvalue weighted by molar-refractivity contribution is -0.137. The maximum Gasteiger partial charge on any atom is 0.305 e. The number of carbonyl (C=O) groups excluding carboxylic acids is 1. The fraction of sp³-hybridized carbons (Fsp3) is 0.429. The lowest BCUT2D eigenvalue weighted by Gasteiger charge is -2.19. The van der Waals surface area contributed by atoms with Crippen LogP contribution in [0.3, 0.4) is 0 Å². The predicted octanol–water partition coefficient (Wildman–Crippen LogP) is 2.46. The number of halogens is 1. The van der Waals surface area contributed by atoms with Gasteiger partial charge in [-0.15, -0.1) is 0 Å². The number of carboxylic acids is 1. The van der Waals surface area contributed by atoms with E-state index >= 15 is 0 Å². The van der Waals surface area contributed by atoms with Gasteiger partial charge >= 0.3 is 5.97 Å². The Morgan fingerprint density at radius 1 is 1.37 bits per heavy atom. The number of hydrogen-bond donors (Lipinski definition) is 2. The van der Waals surface area contributed by atoms with Gasteiger partial charge in [0.25, 0.3) is 0 Å². The van der Waals surface area contributed by atoms with Gasteiger partial charge in [0.05, 0.1) is 11.8 Å². The molecule has 0 bridgehead atoms. The Kier molecular flexibility index (Phi) is 3.94. The van der Waals surface area contributed by atoms with Crippen LogP contribution < -0.4 is 5.32 Å². The molecule has 0 spiro atoms. The lowest BCUT2D eigenvalue weighted by atomic mass is 9.94. The smallest absolute Gasteiger partial charge is 0.305 e. The molecule has 2 rings (SSSR count). The van der Waals surface area contributed by atoms with Crippen LogP contribution in [-0.2, 0) is 15.0 Å². The number of nitrogens with one attached hydrogen (secondary N) is 1. The number of hydrogen-bond acceptors (Lipinski definition) is 2. The molecule has 1 fully saturated rings. The van der Waals surface area contributed by atoms with Crippen LogP contribution in [-0.4, -0.2) is 23.0 Å². The van der Waals surface area contributed by atoms with Crippen molar-refractivity contribution in [3.8, 4) is 0 Å². The minimum atomic E-state index is -0.902. The normalized spacial score (nSPS) is 17.6. The Bertz CT molecular complexity index is 494. The van der Waals surface area contributed by atoms with Crippen LogP contribution >= 0.6 is 15.9 Å². The van der Waals surface area contributed by atoms with E-state index in [4.69, 9.17) is 5.11 Å². The molecule has 1 aromatic carbocycles. The Balaban J connectivity index is 2.06. The zero-order valence-corrected chi connectivity index (χ0v) is 12.2. The average Bonchev–Trinajstić information content (AvgIpc) is 3.09. The van der Waals surface area contributed by atoms with Crippen molar-refractivity contribution in [3.63, 3.8) is 0 Å². The second kappa shape index (κ2) is 5.33. The second-order valence-corrected chi connectivity index (χ2v) is 5.98. The average molecular weight is 326 g/mol. The number of benzene rings is 1.